The van der Waals surface area contributed by atoms with Crippen molar-refractivity contribution >= 4 is 0 Å². The molecule has 9 heteroatoms. The molecule has 0 radical (unpaired) electrons. The first kappa shape index (κ1) is 14.8. The zero-order chi connectivity index (χ0) is 15.9. The smallest absolute Gasteiger partial charge is 0.303 e. The van der Waals surface area contributed by atoms with E-state index >= 15 is 0 Å². The van der Waals surface area contributed by atoms with Gasteiger partial charge in [0.2, 0.25) is 5.82 Å². The molecule has 0 saturated carbocycles. The Morgan fingerprint density at radius 3 is 2.82 bits per heavy atom. The molecule has 0 unspecified atom stereocenters. The van der Waals surface area contributed by atoms with E-state index in [1.165, 1.54) is 0 Å². The summed E-state index contributed by atoms with van der Waals surface area (Å²) < 4.78 is 39.6. The van der Waals surface area contributed by atoms with Crippen molar-refractivity contribution in [2.75, 3.05) is 6.54 Å². The highest BCUT2D eigenvalue weighted by atomic mass is 19.4. The molecule has 0 fully saturated rings. The molecule has 0 saturated heterocycles. The molecule has 3 rings (SSSR count). The number of hydrogen-bond acceptors (Lipinski definition) is 4. The molecule has 0 spiro atoms. The van der Waals surface area contributed by atoms with Crippen molar-refractivity contribution < 1.29 is 13.2 Å². The van der Waals surface area contributed by atoms with Crippen LogP contribution in [0.4, 0.5) is 13.2 Å². The van der Waals surface area contributed by atoms with Crippen LogP contribution in [0.15, 0.2) is 17.1 Å². The van der Waals surface area contributed by atoms with Gasteiger partial charge in [-0.2, -0.15) is 18.3 Å². The highest BCUT2D eigenvalue weighted by molar-refractivity contribution is 5.21. The maximum absolute atomic E-state index is 12.7. The molecule has 3 heterocycles. The van der Waals surface area contributed by atoms with Gasteiger partial charge in [0.05, 0.1) is 17.0 Å². The Morgan fingerprint density at radius 1 is 1.41 bits per heavy atom. The van der Waals surface area contributed by atoms with E-state index in [9.17, 15) is 18.0 Å². The lowest BCUT2D eigenvalue weighted by Crippen LogP contribution is -2.36. The number of aryl methyl sites for hydroxylation is 1. The molecular weight excluding hydrogens is 299 g/mol. The fraction of sp³-hybridized carbons (Fsp3) is 0.462. The van der Waals surface area contributed by atoms with Crippen LogP contribution in [-0.2, 0) is 32.7 Å². The number of alkyl halides is 3. The van der Waals surface area contributed by atoms with Crippen LogP contribution < -0.4 is 5.56 Å². The number of nitrogens with one attached hydrogen (secondary N) is 1. The van der Waals surface area contributed by atoms with E-state index in [-0.39, 0.29) is 12.2 Å². The van der Waals surface area contributed by atoms with E-state index in [0.717, 1.165) is 5.69 Å². The van der Waals surface area contributed by atoms with Crippen molar-refractivity contribution in [1.29, 1.82) is 0 Å². The van der Waals surface area contributed by atoms with Gasteiger partial charge in [-0.3, -0.25) is 14.4 Å². The molecule has 22 heavy (non-hydrogen) atoms. The third-order valence-corrected chi connectivity index (χ3v) is 3.57. The van der Waals surface area contributed by atoms with Gasteiger partial charge in [0.25, 0.3) is 5.56 Å². The summed E-state index contributed by atoms with van der Waals surface area (Å²) in [5.74, 6) is -1.23. The minimum absolute atomic E-state index is 0.230. The maximum Gasteiger partial charge on any atom is 0.449 e. The van der Waals surface area contributed by atoms with E-state index in [0.29, 0.717) is 25.1 Å². The minimum Gasteiger partial charge on any atom is -0.303 e. The Labute approximate surface area is 123 Å². The zero-order valence-electron chi connectivity index (χ0n) is 11.8. The van der Waals surface area contributed by atoms with Gasteiger partial charge >= 0.3 is 6.18 Å². The topological polar surface area (TPSA) is 66.8 Å². The highest BCUT2D eigenvalue weighted by Crippen LogP contribution is 2.26. The third-order valence-electron chi connectivity index (χ3n) is 3.57. The van der Waals surface area contributed by atoms with Gasteiger partial charge < -0.3 is 4.98 Å². The monoisotopic (exact) mass is 313 g/mol. The lowest BCUT2D eigenvalue weighted by Gasteiger charge is -2.27. The Kier molecular flexibility index (Phi) is 3.51. The summed E-state index contributed by atoms with van der Waals surface area (Å²) in [4.78, 5) is 19.2. The average molecular weight is 313 g/mol. The molecule has 118 valence electrons. The predicted octanol–water partition coefficient (Wildman–Crippen LogP) is 1.08. The Bertz CT molecular complexity index is 749. The normalized spacial score (nSPS) is 15.8. The quantitative estimate of drug-likeness (QED) is 0.901. The van der Waals surface area contributed by atoms with Crippen molar-refractivity contribution in [3.05, 3.63) is 45.4 Å². The van der Waals surface area contributed by atoms with Gasteiger partial charge in [-0.25, -0.2) is 4.98 Å². The Balaban J connectivity index is 1.83. The molecule has 2 aromatic heterocycles. The van der Waals surface area contributed by atoms with Crippen LogP contribution in [-0.4, -0.2) is 31.2 Å². The van der Waals surface area contributed by atoms with Crippen molar-refractivity contribution in [2.24, 2.45) is 7.05 Å². The van der Waals surface area contributed by atoms with E-state index in [1.54, 1.807) is 4.68 Å². The summed E-state index contributed by atoms with van der Waals surface area (Å²) >= 11 is 0. The molecule has 1 aliphatic rings. The molecule has 2 aromatic rings. The van der Waals surface area contributed by atoms with Crippen molar-refractivity contribution in [1.82, 2.24) is 24.6 Å². The molecule has 1 N–H and O–H groups in total. The number of aromatic nitrogens is 4. The summed E-state index contributed by atoms with van der Waals surface area (Å²) in [7, 11) is 1.81. The van der Waals surface area contributed by atoms with E-state index < -0.39 is 17.6 Å². The molecule has 1 aliphatic heterocycles. The summed E-state index contributed by atoms with van der Waals surface area (Å²) in [5, 5.41) is 4.25. The van der Waals surface area contributed by atoms with E-state index in [4.69, 9.17) is 0 Å². The first-order valence-corrected chi connectivity index (χ1v) is 6.73. The summed E-state index contributed by atoms with van der Waals surface area (Å²) in [6.45, 7) is 1.35. The molecule has 0 amide bonds. The molecule has 0 atom stereocenters. The van der Waals surface area contributed by atoms with Crippen LogP contribution in [0.5, 0.6) is 0 Å². The van der Waals surface area contributed by atoms with E-state index in [2.05, 4.69) is 10.1 Å². The SMILES string of the molecule is Cn1ccc(CN2CCc3nc(C(F)(F)F)[nH]c(=O)c3C2)n1. The number of aromatic amines is 1. The van der Waals surface area contributed by atoms with Crippen molar-refractivity contribution in [3.8, 4) is 0 Å². The number of halogens is 3. The molecule has 0 bridgehead atoms. The number of fused-ring (bicyclic) bond motifs is 1. The fourth-order valence-corrected chi connectivity index (χ4v) is 2.53. The van der Waals surface area contributed by atoms with Crippen LogP contribution in [0.3, 0.4) is 0 Å². The molecule has 0 aliphatic carbocycles. The number of H-pyrrole nitrogens is 1. The lowest BCUT2D eigenvalue weighted by molar-refractivity contribution is -0.145. The van der Waals surface area contributed by atoms with Crippen LogP contribution in [0.1, 0.15) is 22.8 Å². The molecule has 6 nitrogen and oxygen atoms in total. The van der Waals surface area contributed by atoms with Gasteiger partial charge in [-0.05, 0) is 6.07 Å². The highest BCUT2D eigenvalue weighted by Gasteiger charge is 2.35. The number of rotatable bonds is 2. The second kappa shape index (κ2) is 5.24. The van der Waals surface area contributed by atoms with Gasteiger partial charge in [-0.1, -0.05) is 0 Å². The van der Waals surface area contributed by atoms with Crippen LogP contribution in [0.25, 0.3) is 0 Å². The summed E-state index contributed by atoms with van der Waals surface area (Å²) in [6, 6.07) is 1.87. The van der Waals surface area contributed by atoms with Gasteiger partial charge in [-0.15, -0.1) is 0 Å². The number of hydrogen-bond donors (Lipinski definition) is 1. The molecule has 0 aromatic carbocycles. The van der Waals surface area contributed by atoms with Crippen LogP contribution in [0, 0.1) is 0 Å². The maximum atomic E-state index is 12.7. The zero-order valence-corrected chi connectivity index (χ0v) is 11.8. The summed E-state index contributed by atoms with van der Waals surface area (Å²) in [6.07, 6.45) is -2.51. The standard InChI is InChI=1S/C13H14F3N5O/c1-20-4-2-8(19-20)6-21-5-3-10-9(7-21)11(22)18-12(17-10)13(14,15)16/h2,4H,3,5-7H2,1H3,(H,17,18,22). The average Bonchev–Trinajstić information content (AvgIpc) is 2.83. The molecular formula is C13H14F3N5O. The predicted molar refractivity (Wildman–Crippen MR) is 70.9 cm³/mol. The second-order valence-corrected chi connectivity index (χ2v) is 5.28. The van der Waals surface area contributed by atoms with Crippen molar-refractivity contribution in [2.45, 2.75) is 25.7 Å². The number of nitrogens with zero attached hydrogens (tertiary/aromatic N) is 4. The van der Waals surface area contributed by atoms with Gasteiger partial charge in [0.15, 0.2) is 0 Å². The first-order chi connectivity index (χ1) is 10.3. The third kappa shape index (κ3) is 2.89. The van der Waals surface area contributed by atoms with Crippen molar-refractivity contribution in [3.63, 3.8) is 0 Å². The minimum atomic E-state index is -4.64. The van der Waals surface area contributed by atoms with Gasteiger partial charge in [0, 0.05) is 39.3 Å². The Hall–Kier alpha value is -2.16. The van der Waals surface area contributed by atoms with Crippen LogP contribution in [0.2, 0.25) is 0 Å². The lowest BCUT2D eigenvalue weighted by atomic mass is 10.1. The fourth-order valence-electron chi connectivity index (χ4n) is 2.53. The first-order valence-electron chi connectivity index (χ1n) is 6.73. The summed E-state index contributed by atoms with van der Waals surface area (Å²) in [5.41, 5.74) is 0.661. The second-order valence-electron chi connectivity index (χ2n) is 5.28. The van der Waals surface area contributed by atoms with E-state index in [1.807, 2.05) is 29.2 Å². The Morgan fingerprint density at radius 2 is 2.18 bits per heavy atom. The van der Waals surface area contributed by atoms with Gasteiger partial charge in [0.1, 0.15) is 0 Å². The largest absolute Gasteiger partial charge is 0.449 e. The van der Waals surface area contributed by atoms with Crippen LogP contribution >= 0.6 is 0 Å².